The fraction of sp³-hybridized carbons (Fsp3) is 0.278. The molecule has 0 unspecified atom stereocenters. The molecule has 0 aliphatic carbocycles. The Morgan fingerprint density at radius 3 is 2.76 bits per heavy atom. The molecule has 0 atom stereocenters. The normalized spacial score (nSPS) is 11.0. The molecule has 0 fully saturated rings. The summed E-state index contributed by atoms with van der Waals surface area (Å²) in [5, 5.41) is 8.57. The van der Waals surface area contributed by atoms with Gasteiger partial charge in [-0.1, -0.05) is 29.8 Å². The number of aromatic nitrogens is 3. The zero-order valence-corrected chi connectivity index (χ0v) is 14.9. The average Bonchev–Trinajstić information content (AvgIpc) is 2.93. The summed E-state index contributed by atoms with van der Waals surface area (Å²) in [5.74, 6) is -0.249. The Morgan fingerprint density at radius 2 is 2.04 bits per heavy atom. The molecule has 0 bridgehead atoms. The van der Waals surface area contributed by atoms with Crippen molar-refractivity contribution < 1.29 is 4.79 Å². The number of nitrogens with one attached hydrogen (secondary N) is 1. The van der Waals surface area contributed by atoms with Gasteiger partial charge >= 0.3 is 0 Å². The van der Waals surface area contributed by atoms with Crippen LogP contribution >= 0.6 is 11.6 Å². The zero-order chi connectivity index (χ0) is 18.0. The van der Waals surface area contributed by atoms with E-state index in [1.807, 2.05) is 38.1 Å². The number of carbonyl (C=O) groups excluding carboxylic acids is 1. The van der Waals surface area contributed by atoms with Gasteiger partial charge in [-0.3, -0.25) is 14.3 Å². The Hall–Kier alpha value is -2.60. The number of carbonyl (C=O) groups is 1. The van der Waals surface area contributed by atoms with Crippen LogP contribution in [0, 0.1) is 6.92 Å². The minimum Gasteiger partial charge on any atom is -0.350 e. The lowest BCUT2D eigenvalue weighted by Crippen LogP contribution is -2.32. The predicted molar refractivity (Wildman–Crippen MR) is 97.7 cm³/mol. The van der Waals surface area contributed by atoms with Gasteiger partial charge in [0.2, 0.25) is 5.91 Å². The lowest BCUT2D eigenvalue weighted by molar-refractivity contribution is -0.121. The molecular weight excluding hydrogens is 340 g/mol. The molecule has 25 heavy (non-hydrogen) atoms. The minimum absolute atomic E-state index is 0.0484. The molecule has 3 rings (SSSR count). The standard InChI is InChI=1S/C18H19ClN4O2/c1-3-23-17-14(12(2)21-23)8-9-22(18(17)25)11-16(24)20-10-13-6-4-5-7-15(13)19/h4-9H,3,10-11H2,1-2H3,(H,20,24). The first kappa shape index (κ1) is 17.2. The van der Waals surface area contributed by atoms with Crippen molar-refractivity contribution in [1.82, 2.24) is 19.7 Å². The SMILES string of the molecule is CCn1nc(C)c2ccn(CC(=O)NCc3ccccc3Cl)c(=O)c21. The Labute approximate surface area is 150 Å². The van der Waals surface area contributed by atoms with Crippen LogP contribution in [-0.2, 0) is 24.4 Å². The molecule has 0 saturated carbocycles. The van der Waals surface area contributed by atoms with Gasteiger partial charge in [0.15, 0.2) is 0 Å². The van der Waals surface area contributed by atoms with E-state index in [-0.39, 0.29) is 18.0 Å². The van der Waals surface area contributed by atoms with Crippen LogP contribution in [0.1, 0.15) is 18.2 Å². The number of fused-ring (bicyclic) bond motifs is 1. The average molecular weight is 359 g/mol. The first-order valence-electron chi connectivity index (χ1n) is 8.08. The number of nitrogens with zero attached hydrogens (tertiary/aromatic N) is 3. The number of hydrogen-bond acceptors (Lipinski definition) is 3. The van der Waals surface area contributed by atoms with Crippen LogP contribution in [-0.4, -0.2) is 20.3 Å². The highest BCUT2D eigenvalue weighted by atomic mass is 35.5. The minimum atomic E-state index is -0.249. The highest BCUT2D eigenvalue weighted by molar-refractivity contribution is 6.31. The van der Waals surface area contributed by atoms with Gasteiger partial charge in [0.05, 0.1) is 5.69 Å². The van der Waals surface area contributed by atoms with Crippen LogP contribution in [0.5, 0.6) is 0 Å². The van der Waals surface area contributed by atoms with Gasteiger partial charge in [-0.05, 0) is 31.5 Å². The molecule has 6 nitrogen and oxygen atoms in total. The summed E-state index contributed by atoms with van der Waals surface area (Å²) >= 11 is 6.08. The van der Waals surface area contributed by atoms with Gasteiger partial charge in [-0.15, -0.1) is 0 Å². The lowest BCUT2D eigenvalue weighted by Gasteiger charge is -2.09. The Bertz CT molecular complexity index is 990. The maximum Gasteiger partial charge on any atom is 0.277 e. The van der Waals surface area contributed by atoms with Crippen LogP contribution in [0.25, 0.3) is 10.9 Å². The van der Waals surface area contributed by atoms with E-state index in [4.69, 9.17) is 11.6 Å². The maximum absolute atomic E-state index is 12.7. The molecular formula is C18H19ClN4O2. The number of benzene rings is 1. The van der Waals surface area contributed by atoms with Gasteiger partial charge in [-0.2, -0.15) is 5.10 Å². The van der Waals surface area contributed by atoms with Gasteiger partial charge in [0.1, 0.15) is 12.1 Å². The fourth-order valence-electron chi connectivity index (χ4n) is 2.79. The highest BCUT2D eigenvalue weighted by Gasteiger charge is 2.13. The molecule has 0 radical (unpaired) electrons. The number of pyridine rings is 1. The van der Waals surface area contributed by atoms with Gasteiger partial charge < -0.3 is 9.88 Å². The largest absolute Gasteiger partial charge is 0.350 e. The number of hydrogen-bond donors (Lipinski definition) is 1. The summed E-state index contributed by atoms with van der Waals surface area (Å²) in [4.78, 5) is 24.9. The second-order valence-corrected chi connectivity index (χ2v) is 6.19. The Balaban J connectivity index is 1.78. The summed E-state index contributed by atoms with van der Waals surface area (Å²) in [6, 6.07) is 9.15. The van der Waals surface area contributed by atoms with Crippen molar-refractivity contribution in [3.8, 4) is 0 Å². The number of rotatable bonds is 5. The molecule has 1 N–H and O–H groups in total. The predicted octanol–water partition coefficient (Wildman–Crippen LogP) is 2.50. The molecule has 1 amide bonds. The van der Waals surface area contributed by atoms with Crippen LogP contribution in [0.3, 0.4) is 0 Å². The smallest absolute Gasteiger partial charge is 0.277 e. The monoisotopic (exact) mass is 358 g/mol. The summed E-state index contributed by atoms with van der Waals surface area (Å²) in [7, 11) is 0. The second-order valence-electron chi connectivity index (χ2n) is 5.78. The number of amides is 1. The van der Waals surface area contributed by atoms with Crippen molar-refractivity contribution in [2.45, 2.75) is 33.5 Å². The van der Waals surface area contributed by atoms with Crippen molar-refractivity contribution in [2.75, 3.05) is 0 Å². The summed E-state index contributed by atoms with van der Waals surface area (Å²) in [6.07, 6.45) is 1.63. The molecule has 0 saturated heterocycles. The van der Waals surface area contributed by atoms with Crippen LogP contribution in [0.4, 0.5) is 0 Å². The molecule has 3 aromatic rings. The zero-order valence-electron chi connectivity index (χ0n) is 14.1. The van der Waals surface area contributed by atoms with Gasteiger partial charge in [-0.25, -0.2) is 0 Å². The van der Waals surface area contributed by atoms with Crippen molar-refractivity contribution >= 4 is 28.4 Å². The third-order valence-corrected chi connectivity index (χ3v) is 4.47. The van der Waals surface area contributed by atoms with Crippen LogP contribution < -0.4 is 10.9 Å². The first-order chi connectivity index (χ1) is 12.0. The summed E-state index contributed by atoms with van der Waals surface area (Å²) < 4.78 is 3.07. The van der Waals surface area contributed by atoms with E-state index in [9.17, 15) is 9.59 Å². The molecule has 0 spiro atoms. The topological polar surface area (TPSA) is 68.9 Å². The molecule has 7 heteroatoms. The van der Waals surface area contributed by atoms with E-state index in [0.29, 0.717) is 23.6 Å². The number of halogens is 1. The molecule has 0 aliphatic rings. The maximum atomic E-state index is 12.7. The Kier molecular flexibility index (Phi) is 4.90. The first-order valence-corrected chi connectivity index (χ1v) is 8.45. The fourth-order valence-corrected chi connectivity index (χ4v) is 2.99. The lowest BCUT2D eigenvalue weighted by atomic mass is 10.2. The summed E-state index contributed by atoms with van der Waals surface area (Å²) in [5.41, 5.74) is 1.96. The van der Waals surface area contributed by atoms with Crippen molar-refractivity contribution in [2.24, 2.45) is 0 Å². The quantitative estimate of drug-likeness (QED) is 0.761. The highest BCUT2D eigenvalue weighted by Crippen LogP contribution is 2.15. The van der Waals surface area contributed by atoms with E-state index in [2.05, 4.69) is 10.4 Å². The third-order valence-electron chi connectivity index (χ3n) is 4.11. The van der Waals surface area contributed by atoms with Crippen molar-refractivity contribution in [3.63, 3.8) is 0 Å². The van der Waals surface area contributed by atoms with E-state index >= 15 is 0 Å². The molecule has 2 aromatic heterocycles. The van der Waals surface area contributed by atoms with Crippen LogP contribution in [0.2, 0.25) is 5.02 Å². The van der Waals surface area contributed by atoms with E-state index < -0.39 is 0 Å². The van der Waals surface area contributed by atoms with E-state index in [1.54, 1.807) is 16.9 Å². The van der Waals surface area contributed by atoms with Crippen LogP contribution in [0.15, 0.2) is 41.3 Å². The Morgan fingerprint density at radius 1 is 1.28 bits per heavy atom. The van der Waals surface area contributed by atoms with Gasteiger partial charge in [0, 0.05) is 29.7 Å². The molecule has 130 valence electrons. The summed E-state index contributed by atoms with van der Waals surface area (Å²) in [6.45, 7) is 4.67. The molecule has 1 aromatic carbocycles. The molecule has 0 aliphatic heterocycles. The van der Waals surface area contributed by atoms with Crippen molar-refractivity contribution in [3.05, 3.63) is 63.2 Å². The van der Waals surface area contributed by atoms with Crippen molar-refractivity contribution in [1.29, 1.82) is 0 Å². The second kappa shape index (κ2) is 7.11. The molecule has 2 heterocycles. The number of aryl methyl sites for hydroxylation is 2. The third kappa shape index (κ3) is 3.44. The van der Waals surface area contributed by atoms with E-state index in [1.165, 1.54) is 4.57 Å². The van der Waals surface area contributed by atoms with E-state index in [0.717, 1.165) is 16.6 Å². The van der Waals surface area contributed by atoms with Gasteiger partial charge in [0.25, 0.3) is 5.56 Å².